The van der Waals surface area contributed by atoms with Crippen LogP contribution in [0.4, 0.5) is 11.4 Å². The molecule has 0 atom stereocenters. The number of amides is 2. The Morgan fingerprint density at radius 2 is 2.08 bits per heavy atom. The van der Waals surface area contributed by atoms with Gasteiger partial charge in [-0.1, -0.05) is 12.1 Å². The van der Waals surface area contributed by atoms with Gasteiger partial charge in [0.25, 0.3) is 5.91 Å². The lowest BCUT2D eigenvalue weighted by atomic mass is 10.0. The molecule has 6 nitrogen and oxygen atoms in total. The molecule has 2 N–H and O–H groups in total. The highest BCUT2D eigenvalue weighted by Gasteiger charge is 2.17. The van der Waals surface area contributed by atoms with Crippen LogP contribution in [0.5, 0.6) is 5.75 Å². The quantitative estimate of drug-likeness (QED) is 0.757. The standard InChI is InChI=1S/C20H18N2O4/c1-11-3-5-15-13(9-26-20(15)12(11)2)7-18(23)21-14-4-6-17-16(8-14)22-19(24)10-25-17/h3-6,8-9H,7,10H2,1-2H3,(H,21,23)(H,22,24). The van der Waals surface area contributed by atoms with Crippen LogP contribution in [0, 0.1) is 13.8 Å². The number of benzene rings is 2. The molecule has 0 radical (unpaired) electrons. The van der Waals surface area contributed by atoms with E-state index in [2.05, 4.69) is 10.6 Å². The first-order valence-corrected chi connectivity index (χ1v) is 8.34. The number of hydrogen-bond acceptors (Lipinski definition) is 4. The Labute approximate surface area is 150 Å². The van der Waals surface area contributed by atoms with E-state index in [0.717, 1.165) is 27.7 Å². The normalized spacial score (nSPS) is 13.1. The van der Waals surface area contributed by atoms with E-state index in [1.807, 2.05) is 26.0 Å². The number of anilines is 2. The topological polar surface area (TPSA) is 80.6 Å². The van der Waals surface area contributed by atoms with Crippen LogP contribution in [0.3, 0.4) is 0 Å². The van der Waals surface area contributed by atoms with Crippen LogP contribution in [-0.2, 0) is 16.0 Å². The summed E-state index contributed by atoms with van der Waals surface area (Å²) < 4.78 is 11.0. The first-order valence-electron chi connectivity index (χ1n) is 8.34. The molecule has 2 aromatic carbocycles. The molecular formula is C20H18N2O4. The van der Waals surface area contributed by atoms with Crippen molar-refractivity contribution in [3.05, 3.63) is 53.3 Å². The lowest BCUT2D eigenvalue weighted by Gasteiger charge is -2.18. The Bertz CT molecular complexity index is 1040. The van der Waals surface area contributed by atoms with Gasteiger partial charge in [0.05, 0.1) is 18.4 Å². The van der Waals surface area contributed by atoms with Crippen molar-refractivity contribution in [3.63, 3.8) is 0 Å². The number of carbonyl (C=O) groups excluding carboxylic acids is 2. The summed E-state index contributed by atoms with van der Waals surface area (Å²) >= 11 is 0. The summed E-state index contributed by atoms with van der Waals surface area (Å²) in [5.74, 6) is 0.222. The zero-order chi connectivity index (χ0) is 18.3. The summed E-state index contributed by atoms with van der Waals surface area (Å²) in [4.78, 5) is 23.8. The molecule has 1 aliphatic heterocycles. The van der Waals surface area contributed by atoms with Gasteiger partial charge in [-0.15, -0.1) is 0 Å². The summed E-state index contributed by atoms with van der Waals surface area (Å²) in [5, 5.41) is 6.53. The molecule has 2 heterocycles. The maximum Gasteiger partial charge on any atom is 0.262 e. The number of ether oxygens (including phenoxy) is 1. The van der Waals surface area contributed by atoms with Gasteiger partial charge in [0.1, 0.15) is 11.3 Å². The van der Waals surface area contributed by atoms with Crippen molar-refractivity contribution in [3.8, 4) is 5.75 Å². The first-order chi connectivity index (χ1) is 12.5. The van der Waals surface area contributed by atoms with E-state index < -0.39 is 0 Å². The number of hydrogen-bond donors (Lipinski definition) is 2. The van der Waals surface area contributed by atoms with Crippen molar-refractivity contribution in [1.29, 1.82) is 0 Å². The molecular weight excluding hydrogens is 332 g/mol. The minimum Gasteiger partial charge on any atom is -0.482 e. The summed E-state index contributed by atoms with van der Waals surface area (Å²) in [6.45, 7) is 4.04. The second-order valence-corrected chi connectivity index (χ2v) is 6.42. The fraction of sp³-hybridized carbons (Fsp3) is 0.200. The molecule has 0 saturated heterocycles. The van der Waals surface area contributed by atoms with Crippen molar-refractivity contribution >= 4 is 34.2 Å². The number of carbonyl (C=O) groups is 2. The van der Waals surface area contributed by atoms with Gasteiger partial charge in [0.15, 0.2) is 6.61 Å². The largest absolute Gasteiger partial charge is 0.482 e. The highest BCUT2D eigenvalue weighted by Crippen LogP contribution is 2.31. The number of furan rings is 1. The number of nitrogens with one attached hydrogen (secondary N) is 2. The van der Waals surface area contributed by atoms with Gasteiger partial charge in [-0.05, 0) is 43.2 Å². The van der Waals surface area contributed by atoms with E-state index in [9.17, 15) is 9.59 Å². The van der Waals surface area contributed by atoms with Crippen LogP contribution in [0.2, 0.25) is 0 Å². The third-order valence-electron chi connectivity index (χ3n) is 4.59. The Morgan fingerprint density at radius 1 is 1.23 bits per heavy atom. The molecule has 132 valence electrons. The van der Waals surface area contributed by atoms with Gasteiger partial charge in [-0.25, -0.2) is 0 Å². The summed E-state index contributed by atoms with van der Waals surface area (Å²) in [6, 6.07) is 9.17. The molecule has 3 aromatic rings. The summed E-state index contributed by atoms with van der Waals surface area (Å²) in [6.07, 6.45) is 1.84. The predicted molar refractivity (Wildman–Crippen MR) is 98.6 cm³/mol. The van der Waals surface area contributed by atoms with E-state index in [1.165, 1.54) is 0 Å². The first kappa shape index (κ1) is 16.2. The second kappa shape index (κ2) is 6.22. The van der Waals surface area contributed by atoms with Crippen molar-refractivity contribution in [2.75, 3.05) is 17.2 Å². The van der Waals surface area contributed by atoms with E-state index >= 15 is 0 Å². The zero-order valence-electron chi connectivity index (χ0n) is 14.5. The van der Waals surface area contributed by atoms with Gasteiger partial charge in [0.2, 0.25) is 5.91 Å². The molecule has 0 bridgehead atoms. The predicted octanol–water partition coefficient (Wildman–Crippen LogP) is 3.56. The molecule has 4 rings (SSSR count). The average Bonchev–Trinajstić information content (AvgIpc) is 3.01. The Morgan fingerprint density at radius 3 is 2.92 bits per heavy atom. The van der Waals surface area contributed by atoms with Crippen molar-refractivity contribution in [2.24, 2.45) is 0 Å². The third-order valence-corrected chi connectivity index (χ3v) is 4.59. The molecule has 1 aliphatic rings. The molecule has 0 fully saturated rings. The molecule has 2 amide bonds. The highest BCUT2D eigenvalue weighted by molar-refractivity contribution is 5.99. The van der Waals surface area contributed by atoms with Gasteiger partial charge < -0.3 is 19.8 Å². The molecule has 1 aromatic heterocycles. The monoisotopic (exact) mass is 350 g/mol. The molecule has 0 saturated carbocycles. The third kappa shape index (κ3) is 2.90. The molecule has 26 heavy (non-hydrogen) atoms. The van der Waals surface area contributed by atoms with Crippen LogP contribution in [-0.4, -0.2) is 18.4 Å². The molecule has 0 unspecified atom stereocenters. The molecule has 0 spiro atoms. The lowest BCUT2D eigenvalue weighted by molar-refractivity contribution is -0.118. The van der Waals surface area contributed by atoms with Gasteiger partial charge in [-0.2, -0.15) is 0 Å². The number of fused-ring (bicyclic) bond motifs is 2. The maximum absolute atomic E-state index is 12.4. The smallest absolute Gasteiger partial charge is 0.262 e. The van der Waals surface area contributed by atoms with Gasteiger partial charge >= 0.3 is 0 Å². The van der Waals surface area contributed by atoms with E-state index in [1.54, 1.807) is 24.5 Å². The highest BCUT2D eigenvalue weighted by atomic mass is 16.5. The fourth-order valence-electron chi connectivity index (χ4n) is 3.06. The fourth-order valence-corrected chi connectivity index (χ4v) is 3.06. The Kier molecular flexibility index (Phi) is 3.88. The van der Waals surface area contributed by atoms with Crippen molar-refractivity contribution in [1.82, 2.24) is 0 Å². The molecule has 6 heteroatoms. The van der Waals surface area contributed by atoms with Gasteiger partial charge in [0, 0.05) is 16.6 Å². The maximum atomic E-state index is 12.4. The zero-order valence-corrected chi connectivity index (χ0v) is 14.5. The molecule has 0 aliphatic carbocycles. The van der Waals surface area contributed by atoms with Crippen molar-refractivity contribution in [2.45, 2.75) is 20.3 Å². The lowest BCUT2D eigenvalue weighted by Crippen LogP contribution is -2.25. The second-order valence-electron chi connectivity index (χ2n) is 6.42. The van der Waals surface area contributed by atoms with E-state index in [-0.39, 0.29) is 24.8 Å². The summed E-state index contributed by atoms with van der Waals surface area (Å²) in [5.41, 5.74) is 5.05. The average molecular weight is 350 g/mol. The van der Waals surface area contributed by atoms with Crippen LogP contribution in [0.15, 0.2) is 41.0 Å². The minimum absolute atomic E-state index is 0.00512. The number of rotatable bonds is 3. The number of aryl methyl sites for hydroxylation is 2. The Balaban J connectivity index is 1.52. The van der Waals surface area contributed by atoms with Crippen LogP contribution in [0.25, 0.3) is 11.0 Å². The van der Waals surface area contributed by atoms with Crippen molar-refractivity contribution < 1.29 is 18.7 Å². The van der Waals surface area contributed by atoms with Crippen LogP contribution >= 0.6 is 0 Å². The van der Waals surface area contributed by atoms with E-state index in [0.29, 0.717) is 17.1 Å². The van der Waals surface area contributed by atoms with Crippen LogP contribution < -0.4 is 15.4 Å². The minimum atomic E-state index is -0.212. The van der Waals surface area contributed by atoms with Gasteiger partial charge in [-0.3, -0.25) is 9.59 Å². The van der Waals surface area contributed by atoms with Crippen LogP contribution in [0.1, 0.15) is 16.7 Å². The summed E-state index contributed by atoms with van der Waals surface area (Å²) in [7, 11) is 0. The Hall–Kier alpha value is -3.28. The SMILES string of the molecule is Cc1ccc2c(CC(=O)Nc3ccc4c(c3)NC(=O)CO4)coc2c1C. The van der Waals surface area contributed by atoms with E-state index in [4.69, 9.17) is 9.15 Å².